The molecule has 20 heavy (non-hydrogen) atoms. The molecule has 0 aliphatic heterocycles. The normalized spacial score (nSPS) is 10.7. The quantitative estimate of drug-likeness (QED) is 0.829. The van der Waals surface area contributed by atoms with Gasteiger partial charge in [-0.15, -0.1) is 0 Å². The van der Waals surface area contributed by atoms with Crippen LogP contribution in [0.1, 0.15) is 41.3 Å². The van der Waals surface area contributed by atoms with Crippen LogP contribution in [-0.2, 0) is 0 Å². The number of rotatable bonds is 3. The first-order valence-electron chi connectivity index (χ1n) is 6.65. The SMILES string of the molecule is Cc1ccc(C(=O)Nc2ccc(C(C)C)cc2)cc1Br. The molecule has 104 valence electrons. The van der Waals surface area contributed by atoms with Crippen LogP contribution in [0.3, 0.4) is 0 Å². The lowest BCUT2D eigenvalue weighted by atomic mass is 10.0. The third-order valence-corrected chi connectivity index (χ3v) is 4.12. The summed E-state index contributed by atoms with van der Waals surface area (Å²) in [6.45, 7) is 6.30. The molecule has 1 amide bonds. The number of hydrogen-bond donors (Lipinski definition) is 1. The van der Waals surface area contributed by atoms with Gasteiger partial charge in [-0.1, -0.05) is 48.0 Å². The fourth-order valence-corrected chi connectivity index (χ4v) is 2.27. The van der Waals surface area contributed by atoms with Gasteiger partial charge in [0, 0.05) is 15.7 Å². The summed E-state index contributed by atoms with van der Waals surface area (Å²) in [5, 5.41) is 2.91. The number of amides is 1. The predicted molar refractivity (Wildman–Crippen MR) is 87.4 cm³/mol. The van der Waals surface area contributed by atoms with Gasteiger partial charge >= 0.3 is 0 Å². The summed E-state index contributed by atoms with van der Waals surface area (Å²) in [5.74, 6) is 0.399. The zero-order valence-electron chi connectivity index (χ0n) is 11.9. The third kappa shape index (κ3) is 3.48. The van der Waals surface area contributed by atoms with Gasteiger partial charge in [0.1, 0.15) is 0 Å². The Morgan fingerprint density at radius 1 is 1.10 bits per heavy atom. The molecule has 0 saturated heterocycles. The van der Waals surface area contributed by atoms with E-state index in [0.717, 1.165) is 15.7 Å². The number of carbonyl (C=O) groups is 1. The minimum atomic E-state index is -0.0944. The molecule has 0 bridgehead atoms. The highest BCUT2D eigenvalue weighted by molar-refractivity contribution is 9.10. The van der Waals surface area contributed by atoms with Crippen LogP contribution >= 0.6 is 15.9 Å². The molecule has 3 heteroatoms. The molecule has 2 aromatic carbocycles. The van der Waals surface area contributed by atoms with Gasteiger partial charge in [-0.3, -0.25) is 4.79 Å². The van der Waals surface area contributed by atoms with Crippen molar-refractivity contribution in [1.29, 1.82) is 0 Å². The van der Waals surface area contributed by atoms with Crippen molar-refractivity contribution in [2.24, 2.45) is 0 Å². The van der Waals surface area contributed by atoms with Crippen LogP contribution in [0, 0.1) is 6.92 Å². The molecular formula is C17H18BrNO. The van der Waals surface area contributed by atoms with E-state index in [1.54, 1.807) is 0 Å². The Kier molecular flexibility index (Phi) is 4.61. The number of anilines is 1. The van der Waals surface area contributed by atoms with E-state index in [1.807, 2.05) is 49.4 Å². The van der Waals surface area contributed by atoms with Crippen LogP contribution in [0.15, 0.2) is 46.9 Å². The van der Waals surface area contributed by atoms with E-state index < -0.39 is 0 Å². The largest absolute Gasteiger partial charge is 0.322 e. The van der Waals surface area contributed by atoms with Crippen LogP contribution in [0.4, 0.5) is 5.69 Å². The summed E-state index contributed by atoms with van der Waals surface area (Å²) in [7, 11) is 0. The molecule has 0 unspecified atom stereocenters. The number of carbonyl (C=O) groups excluding carboxylic acids is 1. The van der Waals surface area contributed by atoms with Crippen molar-refractivity contribution in [2.75, 3.05) is 5.32 Å². The smallest absolute Gasteiger partial charge is 0.255 e. The number of halogens is 1. The summed E-state index contributed by atoms with van der Waals surface area (Å²) in [5.41, 5.74) is 3.84. The van der Waals surface area contributed by atoms with Crippen LogP contribution in [-0.4, -0.2) is 5.91 Å². The summed E-state index contributed by atoms with van der Waals surface area (Å²) in [6.07, 6.45) is 0. The van der Waals surface area contributed by atoms with Gasteiger partial charge in [-0.2, -0.15) is 0 Å². The van der Waals surface area contributed by atoms with Crippen molar-refractivity contribution in [3.05, 3.63) is 63.6 Å². The Morgan fingerprint density at radius 3 is 2.30 bits per heavy atom. The van der Waals surface area contributed by atoms with Gasteiger partial charge in [0.05, 0.1) is 0 Å². The predicted octanol–water partition coefficient (Wildman–Crippen LogP) is 5.13. The molecule has 0 saturated carbocycles. The minimum Gasteiger partial charge on any atom is -0.322 e. The van der Waals surface area contributed by atoms with Crippen LogP contribution in [0.2, 0.25) is 0 Å². The summed E-state index contributed by atoms with van der Waals surface area (Å²) in [6, 6.07) is 13.6. The Morgan fingerprint density at radius 2 is 1.75 bits per heavy atom. The Bertz CT molecular complexity index is 617. The molecule has 0 atom stereocenters. The first kappa shape index (κ1) is 14.8. The molecule has 0 radical (unpaired) electrons. The maximum Gasteiger partial charge on any atom is 0.255 e. The number of aryl methyl sites for hydroxylation is 1. The Hall–Kier alpha value is -1.61. The fraction of sp³-hybridized carbons (Fsp3) is 0.235. The zero-order chi connectivity index (χ0) is 14.7. The molecule has 0 aromatic heterocycles. The Balaban J connectivity index is 2.12. The van der Waals surface area contributed by atoms with Crippen molar-refractivity contribution in [3.63, 3.8) is 0 Å². The van der Waals surface area contributed by atoms with E-state index in [-0.39, 0.29) is 5.91 Å². The molecule has 2 nitrogen and oxygen atoms in total. The van der Waals surface area contributed by atoms with Crippen LogP contribution < -0.4 is 5.32 Å². The van der Waals surface area contributed by atoms with Gasteiger partial charge in [0.15, 0.2) is 0 Å². The standard InChI is InChI=1S/C17H18BrNO/c1-11(2)13-6-8-15(9-7-13)19-17(20)14-5-4-12(3)16(18)10-14/h4-11H,1-3H3,(H,19,20). The van der Waals surface area contributed by atoms with Crippen LogP contribution in [0.25, 0.3) is 0 Å². The number of benzene rings is 2. The topological polar surface area (TPSA) is 29.1 Å². The number of nitrogens with one attached hydrogen (secondary N) is 1. The molecule has 0 fully saturated rings. The summed E-state index contributed by atoms with van der Waals surface area (Å²) < 4.78 is 0.945. The summed E-state index contributed by atoms with van der Waals surface area (Å²) in [4.78, 5) is 12.2. The van der Waals surface area contributed by atoms with Crippen LogP contribution in [0.5, 0.6) is 0 Å². The van der Waals surface area contributed by atoms with Gasteiger partial charge in [-0.25, -0.2) is 0 Å². The Labute approximate surface area is 128 Å². The van der Waals surface area contributed by atoms with E-state index in [9.17, 15) is 4.79 Å². The highest BCUT2D eigenvalue weighted by Crippen LogP contribution is 2.20. The van der Waals surface area contributed by atoms with Crippen molar-refractivity contribution in [1.82, 2.24) is 0 Å². The first-order chi connectivity index (χ1) is 9.47. The molecule has 2 aromatic rings. The highest BCUT2D eigenvalue weighted by Gasteiger charge is 2.08. The maximum atomic E-state index is 12.2. The molecule has 2 rings (SSSR count). The van der Waals surface area contributed by atoms with E-state index >= 15 is 0 Å². The van der Waals surface area contributed by atoms with E-state index in [0.29, 0.717) is 11.5 Å². The van der Waals surface area contributed by atoms with Crippen molar-refractivity contribution < 1.29 is 4.79 Å². The highest BCUT2D eigenvalue weighted by atomic mass is 79.9. The van der Waals surface area contributed by atoms with Gasteiger partial charge in [0.2, 0.25) is 0 Å². The van der Waals surface area contributed by atoms with Gasteiger partial charge < -0.3 is 5.32 Å². The van der Waals surface area contributed by atoms with Crippen molar-refractivity contribution in [2.45, 2.75) is 26.7 Å². The van der Waals surface area contributed by atoms with E-state index in [1.165, 1.54) is 5.56 Å². The second-order valence-electron chi connectivity index (χ2n) is 5.19. The zero-order valence-corrected chi connectivity index (χ0v) is 13.5. The monoisotopic (exact) mass is 331 g/mol. The molecule has 0 aliphatic carbocycles. The van der Waals surface area contributed by atoms with E-state index in [4.69, 9.17) is 0 Å². The second-order valence-corrected chi connectivity index (χ2v) is 6.05. The minimum absolute atomic E-state index is 0.0944. The molecule has 0 spiro atoms. The third-order valence-electron chi connectivity index (χ3n) is 3.27. The fourth-order valence-electron chi connectivity index (χ4n) is 1.89. The van der Waals surface area contributed by atoms with Crippen molar-refractivity contribution >= 4 is 27.5 Å². The lowest BCUT2D eigenvalue weighted by Gasteiger charge is -2.09. The van der Waals surface area contributed by atoms with Gasteiger partial charge in [-0.05, 0) is 48.2 Å². The molecule has 0 heterocycles. The summed E-state index contributed by atoms with van der Waals surface area (Å²) >= 11 is 3.45. The van der Waals surface area contributed by atoms with Crippen molar-refractivity contribution in [3.8, 4) is 0 Å². The van der Waals surface area contributed by atoms with E-state index in [2.05, 4.69) is 35.1 Å². The molecular weight excluding hydrogens is 314 g/mol. The van der Waals surface area contributed by atoms with Gasteiger partial charge in [0.25, 0.3) is 5.91 Å². The maximum absolute atomic E-state index is 12.2. The first-order valence-corrected chi connectivity index (χ1v) is 7.44. The average molecular weight is 332 g/mol. The second kappa shape index (κ2) is 6.23. The average Bonchev–Trinajstić information content (AvgIpc) is 2.42. The number of hydrogen-bond acceptors (Lipinski definition) is 1. The molecule has 1 N–H and O–H groups in total. The lowest BCUT2D eigenvalue weighted by Crippen LogP contribution is -2.12. The molecule has 0 aliphatic rings. The lowest BCUT2D eigenvalue weighted by molar-refractivity contribution is 0.102.